The maximum atomic E-state index is 13.7. The predicted octanol–water partition coefficient (Wildman–Crippen LogP) is 3.05. The van der Waals surface area contributed by atoms with E-state index < -0.39 is 6.17 Å². The molecule has 0 unspecified atom stereocenters. The molecule has 0 amide bonds. The molecule has 1 fully saturated rings. The van der Waals surface area contributed by atoms with E-state index in [0.717, 1.165) is 46.9 Å². The number of nitrogens with zero attached hydrogens (tertiary/aromatic N) is 4. The highest BCUT2D eigenvalue weighted by molar-refractivity contribution is 5.98. The number of alkyl halides is 1. The average Bonchev–Trinajstić information content (AvgIpc) is 3.00. The number of hydrogen-bond acceptors (Lipinski definition) is 6. The number of aromatic nitrogens is 3. The van der Waals surface area contributed by atoms with Crippen molar-refractivity contribution in [3.8, 4) is 0 Å². The van der Waals surface area contributed by atoms with E-state index in [2.05, 4.69) is 9.97 Å². The fourth-order valence-corrected chi connectivity index (χ4v) is 4.08. The van der Waals surface area contributed by atoms with E-state index in [1.54, 1.807) is 12.4 Å². The van der Waals surface area contributed by atoms with Gasteiger partial charge in [-0.25, -0.2) is 9.37 Å². The van der Waals surface area contributed by atoms with Crippen LogP contribution in [0.25, 0.3) is 0 Å². The van der Waals surface area contributed by atoms with Crippen LogP contribution in [-0.4, -0.2) is 53.2 Å². The maximum Gasteiger partial charge on any atom is 0.163 e. The lowest BCUT2D eigenvalue weighted by Gasteiger charge is -2.20. The zero-order valence-corrected chi connectivity index (χ0v) is 16.9. The Bertz CT molecular complexity index is 889. The molecule has 7 heteroatoms. The van der Waals surface area contributed by atoms with Crippen LogP contribution in [0, 0.1) is 6.92 Å². The van der Waals surface area contributed by atoms with Gasteiger partial charge in [0.1, 0.15) is 12.0 Å². The van der Waals surface area contributed by atoms with Crippen LogP contribution in [-0.2, 0) is 24.0 Å². The van der Waals surface area contributed by atoms with Crippen LogP contribution in [0.4, 0.5) is 10.2 Å². The molecule has 4 rings (SSSR count). The highest BCUT2D eigenvalue weighted by Gasteiger charge is 2.26. The molecule has 2 aromatic heterocycles. The Hall–Kier alpha value is -2.41. The standard InChI is InChI=1S/C22H27FN4O2/c1-15-12-24-13-17(25-15)3-2-4-21(28)19-11-22(27-8-5-16(23)14-27)26-20-7-10-29-9-6-18(19)20/h11-13,16H,2-10,14H2,1H3/t16-/m0/s1. The van der Waals surface area contributed by atoms with Crippen LogP contribution in [0.1, 0.15) is 52.3 Å². The van der Waals surface area contributed by atoms with Crippen molar-refractivity contribution in [3.05, 3.63) is 46.7 Å². The molecular weight excluding hydrogens is 371 g/mol. The highest BCUT2D eigenvalue weighted by atomic mass is 19.1. The van der Waals surface area contributed by atoms with Crippen molar-refractivity contribution in [3.63, 3.8) is 0 Å². The Morgan fingerprint density at radius 2 is 2.14 bits per heavy atom. The lowest BCUT2D eigenvalue weighted by molar-refractivity contribution is 0.0978. The topological polar surface area (TPSA) is 68.2 Å². The SMILES string of the molecule is Cc1cncc(CCCC(=O)c2cc(N3CC[C@H](F)C3)nc3c2CCOCC3)n1. The average molecular weight is 398 g/mol. The Morgan fingerprint density at radius 1 is 1.28 bits per heavy atom. The first-order chi connectivity index (χ1) is 14.1. The normalized spacial score (nSPS) is 19.1. The van der Waals surface area contributed by atoms with Gasteiger partial charge in [0, 0.05) is 43.0 Å². The van der Waals surface area contributed by atoms with E-state index in [1.807, 2.05) is 17.9 Å². The van der Waals surface area contributed by atoms with Crippen molar-refractivity contribution in [1.29, 1.82) is 0 Å². The molecule has 29 heavy (non-hydrogen) atoms. The van der Waals surface area contributed by atoms with Gasteiger partial charge in [-0.2, -0.15) is 0 Å². The van der Waals surface area contributed by atoms with Crippen LogP contribution in [0.15, 0.2) is 18.5 Å². The molecule has 0 N–H and O–H groups in total. The summed E-state index contributed by atoms with van der Waals surface area (Å²) in [5.41, 5.74) is 4.45. The first kappa shape index (κ1) is 19.9. The highest BCUT2D eigenvalue weighted by Crippen LogP contribution is 2.27. The van der Waals surface area contributed by atoms with Gasteiger partial charge in [0.2, 0.25) is 0 Å². The van der Waals surface area contributed by atoms with Crippen LogP contribution in [0.2, 0.25) is 0 Å². The smallest absolute Gasteiger partial charge is 0.163 e. The van der Waals surface area contributed by atoms with Crippen LogP contribution in [0.5, 0.6) is 0 Å². The van der Waals surface area contributed by atoms with Crippen molar-refractivity contribution in [1.82, 2.24) is 15.0 Å². The minimum atomic E-state index is -0.825. The van der Waals surface area contributed by atoms with Gasteiger partial charge in [-0.05, 0) is 44.2 Å². The Kier molecular flexibility index (Phi) is 6.13. The van der Waals surface area contributed by atoms with Crippen molar-refractivity contribution in [2.45, 2.75) is 51.6 Å². The third-order valence-electron chi connectivity index (χ3n) is 5.57. The first-order valence-electron chi connectivity index (χ1n) is 10.4. The van der Waals surface area contributed by atoms with E-state index in [4.69, 9.17) is 9.72 Å². The number of fused-ring (bicyclic) bond motifs is 1. The van der Waals surface area contributed by atoms with E-state index in [9.17, 15) is 9.18 Å². The van der Waals surface area contributed by atoms with E-state index in [-0.39, 0.29) is 5.78 Å². The van der Waals surface area contributed by atoms with Crippen molar-refractivity contribution in [2.24, 2.45) is 0 Å². The number of Topliss-reactive ketones (excluding diaryl/α,β-unsaturated/α-hetero) is 1. The molecule has 1 atom stereocenters. The first-order valence-corrected chi connectivity index (χ1v) is 10.4. The quantitative estimate of drug-likeness (QED) is 0.697. The number of carbonyl (C=O) groups is 1. The second-order valence-corrected chi connectivity index (χ2v) is 7.83. The summed E-state index contributed by atoms with van der Waals surface area (Å²) in [6, 6.07) is 1.87. The number of carbonyl (C=O) groups excluding carboxylic acids is 1. The minimum Gasteiger partial charge on any atom is -0.381 e. The molecule has 154 valence electrons. The lowest BCUT2D eigenvalue weighted by atomic mass is 9.96. The third kappa shape index (κ3) is 4.78. The number of ketones is 1. The Labute approximate surface area is 170 Å². The molecule has 0 saturated carbocycles. The fraction of sp³-hybridized carbons (Fsp3) is 0.545. The summed E-state index contributed by atoms with van der Waals surface area (Å²) in [5.74, 6) is 0.835. The molecule has 2 aliphatic rings. The van der Waals surface area contributed by atoms with Gasteiger partial charge in [-0.3, -0.25) is 14.8 Å². The number of ether oxygens (including phenoxy) is 1. The molecule has 0 bridgehead atoms. The Balaban J connectivity index is 1.53. The van der Waals surface area contributed by atoms with Crippen molar-refractivity contribution in [2.75, 3.05) is 31.2 Å². The van der Waals surface area contributed by atoms with E-state index in [1.165, 1.54) is 0 Å². The summed E-state index contributed by atoms with van der Waals surface area (Å²) in [5, 5.41) is 0. The molecule has 0 aliphatic carbocycles. The molecule has 1 saturated heterocycles. The zero-order chi connectivity index (χ0) is 20.2. The van der Waals surface area contributed by atoms with Gasteiger partial charge in [0.25, 0.3) is 0 Å². The van der Waals surface area contributed by atoms with Crippen LogP contribution < -0.4 is 4.90 Å². The summed E-state index contributed by atoms with van der Waals surface area (Å²) < 4.78 is 19.3. The molecule has 4 heterocycles. The molecule has 2 aliphatic heterocycles. The van der Waals surface area contributed by atoms with Gasteiger partial charge in [0.05, 0.1) is 31.1 Å². The van der Waals surface area contributed by atoms with E-state index in [0.29, 0.717) is 52.0 Å². The molecular formula is C22H27FN4O2. The van der Waals surface area contributed by atoms with Crippen molar-refractivity contribution >= 4 is 11.6 Å². The predicted molar refractivity (Wildman–Crippen MR) is 108 cm³/mol. The van der Waals surface area contributed by atoms with Gasteiger partial charge < -0.3 is 9.64 Å². The summed E-state index contributed by atoms with van der Waals surface area (Å²) in [4.78, 5) is 28.5. The third-order valence-corrected chi connectivity index (χ3v) is 5.57. The summed E-state index contributed by atoms with van der Waals surface area (Å²) in [6.07, 6.45) is 6.44. The van der Waals surface area contributed by atoms with Gasteiger partial charge in [-0.15, -0.1) is 0 Å². The molecule has 0 radical (unpaired) electrons. The number of aryl methyl sites for hydroxylation is 2. The molecule has 0 spiro atoms. The monoisotopic (exact) mass is 398 g/mol. The summed E-state index contributed by atoms with van der Waals surface area (Å²) in [6.45, 7) is 4.11. The number of rotatable bonds is 6. The van der Waals surface area contributed by atoms with Crippen LogP contribution >= 0.6 is 0 Å². The second kappa shape index (κ2) is 8.95. The second-order valence-electron chi connectivity index (χ2n) is 7.83. The molecule has 2 aromatic rings. The largest absolute Gasteiger partial charge is 0.381 e. The van der Waals surface area contributed by atoms with Gasteiger partial charge >= 0.3 is 0 Å². The lowest BCUT2D eigenvalue weighted by Crippen LogP contribution is -2.23. The van der Waals surface area contributed by atoms with Gasteiger partial charge in [-0.1, -0.05) is 0 Å². The Morgan fingerprint density at radius 3 is 2.93 bits per heavy atom. The number of pyridine rings is 1. The zero-order valence-electron chi connectivity index (χ0n) is 16.9. The molecule has 0 aromatic carbocycles. The minimum absolute atomic E-state index is 0.114. The van der Waals surface area contributed by atoms with E-state index >= 15 is 0 Å². The summed E-state index contributed by atoms with van der Waals surface area (Å²) >= 11 is 0. The number of hydrogen-bond donors (Lipinski definition) is 0. The van der Waals surface area contributed by atoms with Crippen molar-refractivity contribution < 1.29 is 13.9 Å². The number of halogens is 1. The van der Waals surface area contributed by atoms with Crippen LogP contribution in [0.3, 0.4) is 0 Å². The fourth-order valence-electron chi connectivity index (χ4n) is 4.08. The number of anilines is 1. The summed E-state index contributed by atoms with van der Waals surface area (Å²) in [7, 11) is 0. The van der Waals surface area contributed by atoms with Gasteiger partial charge in [0.15, 0.2) is 5.78 Å². The molecule has 6 nitrogen and oxygen atoms in total. The maximum absolute atomic E-state index is 13.7.